The van der Waals surface area contributed by atoms with Crippen LogP contribution in [0.5, 0.6) is 0 Å². The van der Waals surface area contributed by atoms with E-state index in [0.717, 1.165) is 44.9 Å². The third kappa shape index (κ3) is 46.3. The van der Waals surface area contributed by atoms with E-state index in [9.17, 15) is 61.0 Å². The Morgan fingerprint density at radius 3 is 0.895 bits per heavy atom. The third-order valence-corrected chi connectivity index (χ3v) is 22.6. The van der Waals surface area contributed by atoms with Gasteiger partial charge in [0.1, 0.15) is 73.2 Å². The van der Waals surface area contributed by atoms with Gasteiger partial charge < -0.3 is 89.9 Å². The van der Waals surface area contributed by atoms with E-state index >= 15 is 0 Å². The molecule has 0 radical (unpaired) electrons. The maximum absolute atomic E-state index is 13.5. The fraction of sp³-hybridized carbons (Fsp3) is 0.965. The van der Waals surface area contributed by atoms with E-state index in [1.54, 1.807) is 6.08 Å². The number of hydrogen-bond donors (Lipinski definition) is 12. The van der Waals surface area contributed by atoms with Gasteiger partial charge in [-0.15, -0.1) is 0 Å². The highest BCUT2D eigenvalue weighted by molar-refractivity contribution is 5.76. The number of aliphatic hydroxyl groups is 11. The van der Waals surface area contributed by atoms with Crippen LogP contribution in [0.25, 0.3) is 0 Å². The first-order valence-electron chi connectivity index (χ1n) is 44.4. The number of unbranched alkanes of at least 4 members (excludes halogenated alkanes) is 57. The Morgan fingerprint density at radius 1 is 0.333 bits per heavy atom. The average Bonchev–Trinajstić information content (AvgIpc) is 0.781. The van der Waals surface area contributed by atoms with E-state index < -0.39 is 124 Å². The van der Waals surface area contributed by atoms with E-state index in [1.165, 1.54) is 327 Å². The summed E-state index contributed by atoms with van der Waals surface area (Å²) in [5.41, 5.74) is 0. The highest BCUT2D eigenvalue weighted by Gasteiger charge is 2.54. The first-order chi connectivity index (χ1) is 51.3. The van der Waals surface area contributed by atoms with Gasteiger partial charge in [0.25, 0.3) is 0 Å². The number of allylic oxidation sites excluding steroid dienone is 1. The molecule has 3 fully saturated rings. The Balaban J connectivity index is 1.34. The quantitative estimate of drug-likeness (QED) is 0.0199. The van der Waals surface area contributed by atoms with Crippen LogP contribution in [0.2, 0.25) is 0 Å². The van der Waals surface area contributed by atoms with E-state index in [1.807, 2.05) is 6.08 Å². The fourth-order valence-electron chi connectivity index (χ4n) is 15.5. The first-order valence-corrected chi connectivity index (χ1v) is 44.4. The molecule has 1 amide bonds. The Labute approximate surface area is 639 Å². The van der Waals surface area contributed by atoms with Crippen LogP contribution in [0.15, 0.2) is 12.2 Å². The van der Waals surface area contributed by atoms with Crippen LogP contribution in [0, 0.1) is 0 Å². The second kappa shape index (κ2) is 67.1. The monoisotopic (exact) mass is 1500 g/mol. The zero-order valence-corrected chi connectivity index (χ0v) is 67.0. The van der Waals surface area contributed by atoms with Gasteiger partial charge in [0.2, 0.25) is 5.91 Å². The van der Waals surface area contributed by atoms with Crippen molar-refractivity contribution >= 4 is 5.91 Å². The molecule has 105 heavy (non-hydrogen) atoms. The zero-order valence-electron chi connectivity index (χ0n) is 67.0. The minimum atomic E-state index is -1.98. The second-order valence-electron chi connectivity index (χ2n) is 32.1. The van der Waals surface area contributed by atoms with Crippen molar-refractivity contribution < 1.29 is 89.4 Å². The van der Waals surface area contributed by atoms with Crippen LogP contribution >= 0.6 is 0 Å². The lowest BCUT2D eigenvalue weighted by Gasteiger charge is -2.48. The van der Waals surface area contributed by atoms with E-state index in [-0.39, 0.29) is 18.9 Å². The maximum atomic E-state index is 13.5. The summed E-state index contributed by atoms with van der Waals surface area (Å²) in [5, 5.41) is 121. The van der Waals surface area contributed by atoms with Crippen molar-refractivity contribution in [2.24, 2.45) is 0 Å². The molecule has 0 aliphatic carbocycles. The van der Waals surface area contributed by atoms with Crippen LogP contribution in [0.1, 0.15) is 399 Å². The number of nitrogens with one attached hydrogen (secondary N) is 1. The summed E-state index contributed by atoms with van der Waals surface area (Å²) >= 11 is 0. The largest absolute Gasteiger partial charge is 0.394 e. The molecule has 12 N–H and O–H groups in total. The third-order valence-electron chi connectivity index (χ3n) is 22.6. The Morgan fingerprint density at radius 2 is 0.590 bits per heavy atom. The lowest BCUT2D eigenvalue weighted by molar-refractivity contribution is -0.379. The number of aliphatic hydroxyl groups excluding tert-OH is 11. The predicted octanol–water partition coefficient (Wildman–Crippen LogP) is 16.3. The van der Waals surface area contributed by atoms with Gasteiger partial charge in [-0.05, 0) is 19.3 Å². The second-order valence-corrected chi connectivity index (χ2v) is 32.1. The number of rotatable bonds is 73. The normalized spacial score (nSPS) is 25.7. The van der Waals surface area contributed by atoms with E-state index in [4.69, 9.17) is 28.4 Å². The smallest absolute Gasteiger partial charge is 0.220 e. The van der Waals surface area contributed by atoms with E-state index in [2.05, 4.69) is 19.2 Å². The first kappa shape index (κ1) is 97.7. The Kier molecular flexibility index (Phi) is 62.4. The van der Waals surface area contributed by atoms with Crippen molar-refractivity contribution in [2.45, 2.75) is 503 Å². The molecule has 0 aromatic rings. The van der Waals surface area contributed by atoms with Gasteiger partial charge in [0, 0.05) is 6.42 Å². The molecule has 0 aromatic carbocycles. The van der Waals surface area contributed by atoms with Gasteiger partial charge >= 0.3 is 0 Å². The summed E-state index contributed by atoms with van der Waals surface area (Å²) in [6.07, 6.45) is 55.1. The summed E-state index contributed by atoms with van der Waals surface area (Å²) < 4.78 is 34.5. The highest BCUT2D eigenvalue weighted by Crippen LogP contribution is 2.34. The Bertz CT molecular complexity index is 1940. The molecule has 3 heterocycles. The molecule has 622 valence electrons. The van der Waals surface area contributed by atoms with Crippen LogP contribution < -0.4 is 5.32 Å². The molecule has 0 saturated carbocycles. The number of carbonyl (C=O) groups excluding carboxylic acids is 1. The topological polar surface area (TPSA) is 307 Å². The van der Waals surface area contributed by atoms with Gasteiger partial charge in [-0.3, -0.25) is 4.79 Å². The molecule has 0 bridgehead atoms. The molecular weight excluding hydrogens is 1330 g/mol. The van der Waals surface area contributed by atoms with Crippen LogP contribution in [0.3, 0.4) is 0 Å². The van der Waals surface area contributed by atoms with Crippen LogP contribution in [0.4, 0.5) is 0 Å². The molecule has 3 saturated heterocycles. The molecule has 0 spiro atoms. The van der Waals surface area contributed by atoms with Gasteiger partial charge in [-0.2, -0.15) is 0 Å². The summed E-state index contributed by atoms with van der Waals surface area (Å²) in [4.78, 5) is 13.5. The Hall–Kier alpha value is -1.47. The van der Waals surface area contributed by atoms with Gasteiger partial charge in [-0.1, -0.05) is 386 Å². The van der Waals surface area contributed by atoms with Crippen molar-refractivity contribution in [1.82, 2.24) is 5.32 Å². The van der Waals surface area contributed by atoms with Crippen LogP contribution in [-0.4, -0.2) is 193 Å². The number of amides is 1. The summed E-state index contributed by atoms with van der Waals surface area (Å²) in [5.74, 6) is -0.265. The number of hydrogen-bond acceptors (Lipinski definition) is 18. The van der Waals surface area contributed by atoms with Crippen molar-refractivity contribution in [3.63, 3.8) is 0 Å². The van der Waals surface area contributed by atoms with Crippen molar-refractivity contribution in [3.05, 3.63) is 12.2 Å². The molecule has 3 aliphatic rings. The standard InChI is InChI=1S/C86H165NO18/c1-3-5-7-9-11-13-15-17-19-21-23-25-27-29-31-33-34-36-37-39-41-43-45-47-49-51-53-55-57-59-61-63-70(91)69(87-74(92)64-62-60-58-56-54-52-50-48-46-44-42-40-38-35-32-30-28-26-24-22-20-18-16-14-12-10-8-6-4-2)68-100-84-80(98)77(95)82(72(66-89)102-84)105-86-81(99)78(96)83(73(67-90)103-86)104-85-79(97)76(94)75(93)71(65-88)101-85/h61,63,69-73,75-86,88-91,93-99H,3-60,62,64-68H2,1-2H3,(H,87,92)/b63-61+. The van der Waals surface area contributed by atoms with Crippen LogP contribution in [-0.2, 0) is 33.2 Å². The maximum Gasteiger partial charge on any atom is 0.220 e. The molecule has 19 nitrogen and oxygen atoms in total. The minimum Gasteiger partial charge on any atom is -0.394 e. The lowest BCUT2D eigenvalue weighted by atomic mass is 9.96. The summed E-state index contributed by atoms with van der Waals surface area (Å²) in [6, 6.07) is -0.971. The van der Waals surface area contributed by atoms with Crippen molar-refractivity contribution in [1.29, 1.82) is 0 Å². The average molecular weight is 1500 g/mol. The molecule has 3 rings (SSSR count). The fourth-order valence-corrected chi connectivity index (χ4v) is 15.5. The molecular formula is C86H165NO18. The molecule has 3 aliphatic heterocycles. The summed E-state index contributed by atoms with van der Waals surface area (Å²) in [7, 11) is 0. The number of ether oxygens (including phenoxy) is 6. The predicted molar refractivity (Wildman–Crippen MR) is 420 cm³/mol. The zero-order chi connectivity index (χ0) is 76.0. The van der Waals surface area contributed by atoms with Gasteiger partial charge in [-0.25, -0.2) is 0 Å². The minimum absolute atomic E-state index is 0.250. The molecule has 17 atom stereocenters. The van der Waals surface area contributed by atoms with E-state index in [0.29, 0.717) is 6.42 Å². The lowest BCUT2D eigenvalue weighted by Crippen LogP contribution is -2.66. The van der Waals surface area contributed by atoms with Gasteiger partial charge in [0.15, 0.2) is 18.9 Å². The molecule has 19 heteroatoms. The van der Waals surface area contributed by atoms with Crippen molar-refractivity contribution in [3.8, 4) is 0 Å². The molecule has 17 unspecified atom stereocenters. The van der Waals surface area contributed by atoms with Gasteiger partial charge in [0.05, 0.1) is 38.6 Å². The SMILES string of the molecule is CCCCCCCCCCCCCCCCCCCCCCCCCCCCCCC/C=C/C(O)C(COC1OC(CO)C(OC2OC(CO)C(OC3OC(CO)C(O)C(O)C3O)C(O)C2O)C(O)C1O)NC(=O)CCCCCCCCCCCCCCCCCCCCCCCCCCCCCCC. The summed E-state index contributed by atoms with van der Waals surface area (Å²) in [6.45, 7) is 1.82. The molecule has 0 aromatic heterocycles. The highest BCUT2D eigenvalue weighted by atomic mass is 16.8. The number of carbonyl (C=O) groups is 1. The van der Waals surface area contributed by atoms with Crippen molar-refractivity contribution in [2.75, 3.05) is 26.4 Å².